The van der Waals surface area contributed by atoms with Crippen molar-refractivity contribution in [1.29, 1.82) is 0 Å². The molecule has 29 heavy (non-hydrogen) atoms. The summed E-state index contributed by atoms with van der Waals surface area (Å²) in [6, 6.07) is 8.99. The molecular formula is C21H18F3N3O2. The number of hydrogen-bond acceptors (Lipinski definition) is 3. The first-order valence-corrected chi connectivity index (χ1v) is 9.20. The quantitative estimate of drug-likeness (QED) is 0.665. The Labute approximate surface area is 165 Å². The zero-order chi connectivity index (χ0) is 20.4. The van der Waals surface area contributed by atoms with Crippen molar-refractivity contribution in [3.05, 3.63) is 78.1 Å². The molecule has 1 saturated heterocycles. The average Bonchev–Trinajstić information content (AvgIpc) is 3.20. The molecule has 0 N–H and O–H groups in total. The second-order valence-electron chi connectivity index (χ2n) is 6.81. The van der Waals surface area contributed by atoms with E-state index in [9.17, 15) is 18.0 Å². The van der Waals surface area contributed by atoms with Crippen molar-refractivity contribution in [2.75, 3.05) is 13.1 Å². The predicted octanol–water partition coefficient (Wildman–Crippen LogP) is 3.97. The molecular weight excluding hydrogens is 383 g/mol. The number of imidazole rings is 1. The van der Waals surface area contributed by atoms with E-state index in [0.717, 1.165) is 12.1 Å². The highest BCUT2D eigenvalue weighted by Crippen LogP contribution is 2.24. The lowest BCUT2D eigenvalue weighted by atomic mass is 10.1. The summed E-state index contributed by atoms with van der Waals surface area (Å²) in [5.74, 6) is -1.95. The number of nitrogens with zero attached hydrogens (tertiary/aromatic N) is 3. The van der Waals surface area contributed by atoms with Crippen LogP contribution in [0.25, 0.3) is 5.69 Å². The van der Waals surface area contributed by atoms with Crippen LogP contribution in [0.4, 0.5) is 13.2 Å². The molecule has 5 nitrogen and oxygen atoms in total. The zero-order valence-corrected chi connectivity index (χ0v) is 15.4. The predicted molar refractivity (Wildman–Crippen MR) is 99.4 cm³/mol. The van der Waals surface area contributed by atoms with Crippen molar-refractivity contribution >= 4 is 5.91 Å². The third-order valence-corrected chi connectivity index (χ3v) is 4.88. The van der Waals surface area contributed by atoms with Crippen molar-refractivity contribution in [1.82, 2.24) is 14.5 Å². The molecule has 0 atom stereocenters. The van der Waals surface area contributed by atoms with Crippen LogP contribution in [0.2, 0.25) is 0 Å². The highest BCUT2D eigenvalue weighted by molar-refractivity contribution is 5.93. The van der Waals surface area contributed by atoms with Gasteiger partial charge in [0.2, 0.25) is 0 Å². The van der Waals surface area contributed by atoms with Gasteiger partial charge in [-0.15, -0.1) is 0 Å². The maximum atomic E-state index is 13.8. The lowest BCUT2D eigenvalue weighted by Gasteiger charge is -2.32. The Hall–Kier alpha value is -3.29. The number of amides is 1. The maximum Gasteiger partial charge on any atom is 0.272 e. The van der Waals surface area contributed by atoms with Gasteiger partial charge in [0.1, 0.15) is 23.4 Å². The molecule has 1 fully saturated rings. The second kappa shape index (κ2) is 7.98. The van der Waals surface area contributed by atoms with Crippen molar-refractivity contribution in [3.8, 4) is 11.4 Å². The molecule has 2 heterocycles. The molecule has 0 radical (unpaired) electrons. The van der Waals surface area contributed by atoms with E-state index in [4.69, 9.17) is 4.74 Å². The van der Waals surface area contributed by atoms with Gasteiger partial charge in [0.05, 0.1) is 12.5 Å². The van der Waals surface area contributed by atoms with E-state index in [2.05, 4.69) is 4.98 Å². The molecule has 0 unspecified atom stereocenters. The van der Waals surface area contributed by atoms with Crippen LogP contribution >= 0.6 is 0 Å². The molecule has 0 saturated carbocycles. The largest absolute Gasteiger partial charge is 0.487 e. The number of aromatic nitrogens is 2. The Kier molecular flexibility index (Phi) is 5.24. The number of benzene rings is 2. The highest BCUT2D eigenvalue weighted by atomic mass is 19.1. The van der Waals surface area contributed by atoms with E-state index in [-0.39, 0.29) is 23.6 Å². The maximum absolute atomic E-state index is 13.8. The molecule has 0 aliphatic carbocycles. The van der Waals surface area contributed by atoms with Gasteiger partial charge >= 0.3 is 0 Å². The number of halogens is 3. The van der Waals surface area contributed by atoms with E-state index >= 15 is 0 Å². The fourth-order valence-corrected chi connectivity index (χ4v) is 3.35. The van der Waals surface area contributed by atoms with Crippen molar-refractivity contribution in [2.24, 2.45) is 0 Å². The minimum Gasteiger partial charge on any atom is -0.487 e. The normalized spacial score (nSPS) is 14.8. The number of rotatable bonds is 4. The van der Waals surface area contributed by atoms with E-state index < -0.39 is 11.6 Å². The van der Waals surface area contributed by atoms with Gasteiger partial charge in [0, 0.05) is 37.7 Å². The summed E-state index contributed by atoms with van der Waals surface area (Å²) >= 11 is 0. The summed E-state index contributed by atoms with van der Waals surface area (Å²) < 4.78 is 47.2. The van der Waals surface area contributed by atoms with E-state index in [1.165, 1.54) is 30.7 Å². The topological polar surface area (TPSA) is 47.4 Å². The molecule has 1 amide bonds. The summed E-state index contributed by atoms with van der Waals surface area (Å²) in [5.41, 5.74) is 1.01. The number of carbonyl (C=O) groups is 1. The smallest absolute Gasteiger partial charge is 0.272 e. The summed E-state index contributed by atoms with van der Waals surface area (Å²) in [7, 11) is 0. The molecule has 8 heteroatoms. The molecule has 1 aliphatic heterocycles. The van der Waals surface area contributed by atoms with Crippen LogP contribution in [0.1, 0.15) is 23.3 Å². The van der Waals surface area contributed by atoms with Crippen LogP contribution in [0.5, 0.6) is 5.75 Å². The standard InChI is InChI=1S/C21H18F3N3O2/c22-14-1-4-16(5-2-14)27-13-25-12-19(27)21(28)26-9-7-17(8-10-26)29-20-6-3-15(23)11-18(20)24/h1-6,11-13,17H,7-10H2. The van der Waals surface area contributed by atoms with Crippen molar-refractivity contribution in [3.63, 3.8) is 0 Å². The number of hydrogen-bond donors (Lipinski definition) is 0. The molecule has 1 aromatic heterocycles. The molecule has 150 valence electrons. The average molecular weight is 401 g/mol. The van der Waals surface area contributed by atoms with Gasteiger partial charge in [-0.05, 0) is 36.4 Å². The molecule has 2 aromatic carbocycles. The van der Waals surface area contributed by atoms with Crippen LogP contribution < -0.4 is 4.74 Å². The van der Waals surface area contributed by atoms with Gasteiger partial charge in [-0.25, -0.2) is 18.2 Å². The number of likely N-dealkylation sites (tertiary alicyclic amines) is 1. The Bertz CT molecular complexity index is 1010. The van der Waals surface area contributed by atoms with Gasteiger partial charge in [0.25, 0.3) is 5.91 Å². The Balaban J connectivity index is 1.41. The van der Waals surface area contributed by atoms with Crippen LogP contribution in [-0.4, -0.2) is 39.6 Å². The lowest BCUT2D eigenvalue weighted by molar-refractivity contribution is 0.0581. The third kappa shape index (κ3) is 4.11. The minimum absolute atomic E-state index is 0.00515. The van der Waals surface area contributed by atoms with Gasteiger partial charge < -0.3 is 9.64 Å². The first-order chi connectivity index (χ1) is 14.0. The van der Waals surface area contributed by atoms with Gasteiger partial charge in [-0.1, -0.05) is 0 Å². The van der Waals surface area contributed by atoms with E-state index in [1.54, 1.807) is 21.6 Å². The minimum atomic E-state index is -0.744. The van der Waals surface area contributed by atoms with Crippen LogP contribution in [0.15, 0.2) is 55.0 Å². The number of piperidine rings is 1. The number of ether oxygens (including phenoxy) is 1. The third-order valence-electron chi connectivity index (χ3n) is 4.88. The zero-order valence-electron chi connectivity index (χ0n) is 15.4. The van der Waals surface area contributed by atoms with E-state index in [1.807, 2.05) is 0 Å². The lowest BCUT2D eigenvalue weighted by Crippen LogP contribution is -2.42. The second-order valence-corrected chi connectivity index (χ2v) is 6.81. The van der Waals surface area contributed by atoms with Gasteiger partial charge in [-0.3, -0.25) is 9.36 Å². The summed E-state index contributed by atoms with van der Waals surface area (Å²) in [6.07, 6.45) is 3.76. The first kappa shape index (κ1) is 19.0. The fourth-order valence-electron chi connectivity index (χ4n) is 3.35. The molecule has 1 aliphatic rings. The Morgan fingerprint density at radius 2 is 1.69 bits per heavy atom. The molecule has 4 rings (SSSR count). The van der Waals surface area contributed by atoms with Gasteiger partial charge in [0.15, 0.2) is 11.6 Å². The fraction of sp³-hybridized carbons (Fsp3) is 0.238. The summed E-state index contributed by atoms with van der Waals surface area (Å²) in [5, 5.41) is 0. The van der Waals surface area contributed by atoms with Crippen LogP contribution in [0, 0.1) is 17.5 Å². The molecule has 3 aromatic rings. The molecule has 0 bridgehead atoms. The van der Waals surface area contributed by atoms with Crippen molar-refractivity contribution in [2.45, 2.75) is 18.9 Å². The van der Waals surface area contributed by atoms with Crippen LogP contribution in [0.3, 0.4) is 0 Å². The molecule has 0 spiro atoms. The summed E-state index contributed by atoms with van der Waals surface area (Å²) in [4.78, 5) is 18.7. The van der Waals surface area contributed by atoms with E-state index in [0.29, 0.717) is 37.3 Å². The van der Waals surface area contributed by atoms with Gasteiger partial charge in [-0.2, -0.15) is 0 Å². The van der Waals surface area contributed by atoms with Crippen LogP contribution in [-0.2, 0) is 0 Å². The SMILES string of the molecule is O=C(c1cncn1-c1ccc(F)cc1)N1CCC(Oc2ccc(F)cc2F)CC1. The Morgan fingerprint density at radius 3 is 2.38 bits per heavy atom. The highest BCUT2D eigenvalue weighted by Gasteiger charge is 2.27. The monoisotopic (exact) mass is 401 g/mol. The number of carbonyl (C=O) groups excluding carboxylic acids is 1. The Morgan fingerprint density at radius 1 is 1.00 bits per heavy atom. The first-order valence-electron chi connectivity index (χ1n) is 9.20. The summed E-state index contributed by atoms with van der Waals surface area (Å²) in [6.45, 7) is 0.863. The van der Waals surface area contributed by atoms with Crippen molar-refractivity contribution < 1.29 is 22.7 Å².